The van der Waals surface area contributed by atoms with Crippen molar-refractivity contribution >= 4 is 27.9 Å². The molecule has 0 bridgehead atoms. The van der Waals surface area contributed by atoms with E-state index in [4.69, 9.17) is 0 Å². The Morgan fingerprint density at radius 3 is 2.62 bits per heavy atom. The van der Waals surface area contributed by atoms with Gasteiger partial charge in [-0.1, -0.05) is 46.3 Å². The molecule has 1 atom stereocenters. The van der Waals surface area contributed by atoms with Gasteiger partial charge in [-0.2, -0.15) is 0 Å². The zero-order valence-corrected chi connectivity index (χ0v) is 15.3. The average molecular weight is 391 g/mol. The second kappa shape index (κ2) is 8.76. The van der Waals surface area contributed by atoms with Gasteiger partial charge in [0.15, 0.2) is 0 Å². The molecule has 0 aliphatic rings. The molecule has 5 heteroatoms. The SMILES string of the molecule is CN(C)C(CNC(=O)/C=C/c1cc(Br)ccc1F)c1ccccc1. The molecule has 0 aromatic heterocycles. The maximum atomic E-state index is 13.7. The molecule has 2 aromatic rings. The van der Waals surface area contributed by atoms with Gasteiger partial charge in [0.25, 0.3) is 0 Å². The van der Waals surface area contributed by atoms with Crippen LogP contribution >= 0.6 is 15.9 Å². The summed E-state index contributed by atoms with van der Waals surface area (Å²) in [7, 11) is 3.94. The third-order valence-corrected chi connectivity index (χ3v) is 4.14. The molecule has 2 aromatic carbocycles. The molecule has 0 fully saturated rings. The van der Waals surface area contributed by atoms with Crippen molar-refractivity contribution in [1.82, 2.24) is 10.2 Å². The minimum absolute atomic E-state index is 0.0751. The van der Waals surface area contributed by atoms with Gasteiger partial charge in [-0.15, -0.1) is 0 Å². The summed E-state index contributed by atoms with van der Waals surface area (Å²) in [6.45, 7) is 0.473. The quantitative estimate of drug-likeness (QED) is 0.755. The lowest BCUT2D eigenvalue weighted by atomic mass is 10.1. The van der Waals surface area contributed by atoms with E-state index in [1.54, 1.807) is 12.1 Å². The lowest BCUT2D eigenvalue weighted by Gasteiger charge is -2.24. The summed E-state index contributed by atoms with van der Waals surface area (Å²) < 4.78 is 14.4. The minimum atomic E-state index is -0.363. The molecule has 0 aliphatic heterocycles. The van der Waals surface area contributed by atoms with Crippen molar-refractivity contribution in [3.8, 4) is 0 Å². The number of rotatable bonds is 6. The van der Waals surface area contributed by atoms with E-state index >= 15 is 0 Å². The molecule has 1 amide bonds. The second-order valence-electron chi connectivity index (χ2n) is 5.63. The van der Waals surface area contributed by atoms with E-state index in [0.717, 1.165) is 10.0 Å². The second-order valence-corrected chi connectivity index (χ2v) is 6.55. The number of halogens is 2. The molecule has 1 unspecified atom stereocenters. The molecule has 0 spiro atoms. The van der Waals surface area contributed by atoms with E-state index in [-0.39, 0.29) is 17.8 Å². The Bertz CT molecular complexity index is 717. The third-order valence-electron chi connectivity index (χ3n) is 3.65. The van der Waals surface area contributed by atoms with E-state index in [1.807, 2.05) is 49.3 Å². The highest BCUT2D eigenvalue weighted by molar-refractivity contribution is 9.10. The number of carbonyl (C=O) groups is 1. The fourth-order valence-electron chi connectivity index (χ4n) is 2.34. The maximum absolute atomic E-state index is 13.7. The summed E-state index contributed by atoms with van der Waals surface area (Å²) in [5.41, 5.74) is 1.50. The molecule has 0 saturated carbocycles. The molecule has 126 valence electrons. The van der Waals surface area contributed by atoms with Crippen LogP contribution in [0.2, 0.25) is 0 Å². The zero-order valence-electron chi connectivity index (χ0n) is 13.7. The fourth-order valence-corrected chi connectivity index (χ4v) is 2.72. The molecule has 0 radical (unpaired) electrons. The Kier molecular flexibility index (Phi) is 6.70. The van der Waals surface area contributed by atoms with Gasteiger partial charge in [-0.3, -0.25) is 4.79 Å². The average Bonchev–Trinajstić information content (AvgIpc) is 2.56. The van der Waals surface area contributed by atoms with Crippen molar-refractivity contribution in [3.05, 3.63) is 76.0 Å². The Labute approximate surface area is 150 Å². The van der Waals surface area contributed by atoms with E-state index in [0.29, 0.717) is 12.1 Å². The van der Waals surface area contributed by atoms with Crippen LogP contribution in [0.1, 0.15) is 17.2 Å². The number of hydrogen-bond acceptors (Lipinski definition) is 2. The van der Waals surface area contributed by atoms with Crippen molar-refractivity contribution < 1.29 is 9.18 Å². The van der Waals surface area contributed by atoms with Crippen molar-refractivity contribution in [2.45, 2.75) is 6.04 Å². The van der Waals surface area contributed by atoms with E-state index in [2.05, 4.69) is 21.2 Å². The van der Waals surface area contributed by atoms with Crippen molar-refractivity contribution in [1.29, 1.82) is 0 Å². The fraction of sp³-hybridized carbons (Fsp3) is 0.211. The number of likely N-dealkylation sites (N-methyl/N-ethyl adjacent to an activating group) is 1. The van der Waals surface area contributed by atoms with E-state index < -0.39 is 0 Å². The van der Waals surface area contributed by atoms with Crippen LogP contribution < -0.4 is 5.32 Å². The maximum Gasteiger partial charge on any atom is 0.244 e. The Morgan fingerprint density at radius 2 is 1.96 bits per heavy atom. The van der Waals surface area contributed by atoms with E-state index in [9.17, 15) is 9.18 Å². The number of benzene rings is 2. The zero-order chi connectivity index (χ0) is 17.5. The van der Waals surface area contributed by atoms with Gasteiger partial charge in [0.05, 0.1) is 6.04 Å². The number of carbonyl (C=O) groups excluding carboxylic acids is 1. The number of nitrogens with one attached hydrogen (secondary N) is 1. The molecule has 1 N–H and O–H groups in total. The molecule has 0 heterocycles. The van der Waals surface area contributed by atoms with Crippen LogP contribution in [0.5, 0.6) is 0 Å². The Morgan fingerprint density at radius 1 is 1.25 bits per heavy atom. The molecule has 24 heavy (non-hydrogen) atoms. The predicted octanol–water partition coefficient (Wildman–Crippen LogP) is 4.02. The summed E-state index contributed by atoms with van der Waals surface area (Å²) in [5, 5.41) is 2.87. The van der Waals surface area contributed by atoms with Crippen LogP contribution in [0.15, 0.2) is 59.1 Å². The van der Waals surface area contributed by atoms with Crippen molar-refractivity contribution in [3.63, 3.8) is 0 Å². The molecule has 2 rings (SSSR count). The van der Waals surface area contributed by atoms with Crippen LogP contribution in [0, 0.1) is 5.82 Å². The van der Waals surface area contributed by atoms with Crippen molar-refractivity contribution in [2.75, 3.05) is 20.6 Å². The van der Waals surface area contributed by atoms with Gasteiger partial charge >= 0.3 is 0 Å². The summed E-state index contributed by atoms with van der Waals surface area (Å²) in [6, 6.07) is 14.7. The highest BCUT2D eigenvalue weighted by atomic mass is 79.9. The van der Waals surface area contributed by atoms with Crippen LogP contribution in [-0.4, -0.2) is 31.4 Å². The van der Waals surface area contributed by atoms with Crippen LogP contribution in [0.3, 0.4) is 0 Å². The topological polar surface area (TPSA) is 32.3 Å². The summed E-state index contributed by atoms with van der Waals surface area (Å²) >= 11 is 3.29. The highest BCUT2D eigenvalue weighted by Gasteiger charge is 2.14. The third kappa shape index (κ3) is 5.28. The first-order valence-electron chi connectivity index (χ1n) is 7.59. The van der Waals surface area contributed by atoms with Gasteiger partial charge in [0, 0.05) is 22.7 Å². The van der Waals surface area contributed by atoms with Gasteiger partial charge in [-0.25, -0.2) is 4.39 Å². The van der Waals surface area contributed by atoms with Gasteiger partial charge in [0.1, 0.15) is 5.82 Å². The Hall–Kier alpha value is -1.98. The first-order valence-corrected chi connectivity index (χ1v) is 8.39. The van der Waals surface area contributed by atoms with Gasteiger partial charge in [-0.05, 0) is 43.9 Å². The standard InChI is InChI=1S/C19H20BrFN2O/c1-23(2)18(14-6-4-3-5-7-14)13-22-19(24)11-8-15-12-16(20)9-10-17(15)21/h3-12,18H,13H2,1-2H3,(H,22,24)/b11-8+. The smallest absolute Gasteiger partial charge is 0.244 e. The van der Waals surface area contributed by atoms with Crippen molar-refractivity contribution in [2.24, 2.45) is 0 Å². The molecule has 3 nitrogen and oxygen atoms in total. The van der Waals surface area contributed by atoms with E-state index in [1.165, 1.54) is 18.2 Å². The van der Waals surface area contributed by atoms with Crippen LogP contribution in [0.4, 0.5) is 4.39 Å². The van der Waals surface area contributed by atoms with Crippen LogP contribution in [-0.2, 0) is 4.79 Å². The molecule has 0 saturated heterocycles. The summed E-state index contributed by atoms with van der Waals surface area (Å²) in [4.78, 5) is 14.1. The Balaban J connectivity index is 1.99. The first kappa shape index (κ1) is 18.4. The van der Waals surface area contributed by atoms with Gasteiger partial charge < -0.3 is 10.2 Å². The molecular formula is C19H20BrFN2O. The first-order chi connectivity index (χ1) is 11.5. The number of amides is 1. The lowest BCUT2D eigenvalue weighted by molar-refractivity contribution is -0.116. The lowest BCUT2D eigenvalue weighted by Crippen LogP contribution is -2.33. The monoisotopic (exact) mass is 390 g/mol. The number of nitrogens with zero attached hydrogens (tertiary/aromatic N) is 1. The summed E-state index contributed by atoms with van der Waals surface area (Å²) in [6.07, 6.45) is 2.82. The molecule has 0 aliphatic carbocycles. The largest absolute Gasteiger partial charge is 0.351 e. The highest BCUT2D eigenvalue weighted by Crippen LogP contribution is 2.18. The minimum Gasteiger partial charge on any atom is -0.351 e. The van der Waals surface area contributed by atoms with Crippen LogP contribution in [0.25, 0.3) is 6.08 Å². The predicted molar refractivity (Wildman–Crippen MR) is 99.0 cm³/mol. The molecular weight excluding hydrogens is 371 g/mol. The number of hydrogen-bond donors (Lipinski definition) is 1. The normalized spacial score (nSPS) is 12.5. The summed E-state index contributed by atoms with van der Waals surface area (Å²) in [5.74, 6) is -0.616. The van der Waals surface area contributed by atoms with Gasteiger partial charge in [0.2, 0.25) is 5.91 Å².